The van der Waals surface area contributed by atoms with Crippen molar-refractivity contribution in [1.29, 1.82) is 0 Å². The molecule has 0 aliphatic carbocycles. The zero-order valence-corrected chi connectivity index (χ0v) is 24.5. The molecule has 0 radical (unpaired) electrons. The molecule has 4 saturated heterocycles. The molecule has 1 aromatic heterocycles. The molecule has 11 heteroatoms. The molecule has 3 N–H and O–H groups in total. The van der Waals surface area contributed by atoms with Crippen LogP contribution in [-0.4, -0.2) is 81.7 Å². The van der Waals surface area contributed by atoms with Gasteiger partial charge in [0.15, 0.2) is 5.82 Å². The fourth-order valence-corrected chi connectivity index (χ4v) is 7.80. The number of phenols is 2. The summed E-state index contributed by atoms with van der Waals surface area (Å²) in [7, 11) is 0. The maximum absolute atomic E-state index is 16.3. The van der Waals surface area contributed by atoms with Gasteiger partial charge in [0.05, 0.1) is 16.7 Å². The van der Waals surface area contributed by atoms with Crippen molar-refractivity contribution in [2.75, 3.05) is 37.7 Å². The average Bonchev–Trinajstić information content (AvgIpc) is 3.66. The van der Waals surface area contributed by atoms with Gasteiger partial charge in [0.2, 0.25) is 0 Å². The van der Waals surface area contributed by atoms with E-state index in [0.29, 0.717) is 54.7 Å². The molecule has 0 saturated carbocycles. The van der Waals surface area contributed by atoms with Gasteiger partial charge in [-0.05, 0) is 61.9 Å². The second kappa shape index (κ2) is 10.7. The van der Waals surface area contributed by atoms with Crippen molar-refractivity contribution in [3.63, 3.8) is 0 Å². The zero-order valence-electron chi connectivity index (χ0n) is 24.5. The monoisotopic (exact) mass is 615 g/mol. The molecule has 0 spiro atoms. The number of benzene rings is 3. The SMILES string of the molecule is Oc1cc(O)c2c(C#Cc3ccc4c(N5C[C@H]6CC[C@@H](C5)N6)nc(OC[C@@]56CCCN5C[C@H](F)C6)nc4c3F)c(F)ccc2c1. The van der Waals surface area contributed by atoms with Crippen molar-refractivity contribution < 1.29 is 28.1 Å². The number of anilines is 1. The van der Waals surface area contributed by atoms with Gasteiger partial charge < -0.3 is 25.2 Å². The predicted molar refractivity (Wildman–Crippen MR) is 163 cm³/mol. The van der Waals surface area contributed by atoms with E-state index < -0.39 is 23.3 Å². The fourth-order valence-electron chi connectivity index (χ4n) is 7.80. The van der Waals surface area contributed by atoms with Gasteiger partial charge in [-0.15, -0.1) is 0 Å². The Hall–Kier alpha value is -4.27. The van der Waals surface area contributed by atoms with Crippen LogP contribution in [0.4, 0.5) is 19.0 Å². The summed E-state index contributed by atoms with van der Waals surface area (Å²) in [4.78, 5) is 13.6. The number of halogens is 3. The molecule has 3 aromatic carbocycles. The molecule has 8 rings (SSSR count). The Labute approximate surface area is 257 Å². The summed E-state index contributed by atoms with van der Waals surface area (Å²) in [6, 6.07) is 9.02. The normalized spacial score (nSPS) is 25.9. The molecule has 45 heavy (non-hydrogen) atoms. The molecule has 4 aliphatic heterocycles. The van der Waals surface area contributed by atoms with E-state index in [4.69, 9.17) is 9.72 Å². The molecule has 4 aliphatic rings. The predicted octanol–water partition coefficient (Wildman–Crippen LogP) is 4.77. The summed E-state index contributed by atoms with van der Waals surface area (Å²) < 4.78 is 51.8. The van der Waals surface area contributed by atoms with Gasteiger partial charge >= 0.3 is 6.01 Å². The summed E-state index contributed by atoms with van der Waals surface area (Å²) >= 11 is 0. The zero-order chi connectivity index (χ0) is 30.9. The molecule has 4 aromatic rings. The highest BCUT2D eigenvalue weighted by molar-refractivity contribution is 5.95. The molecule has 2 bridgehead atoms. The average molecular weight is 616 g/mol. The van der Waals surface area contributed by atoms with Crippen LogP contribution in [0.5, 0.6) is 17.5 Å². The highest BCUT2D eigenvalue weighted by Crippen LogP contribution is 2.41. The van der Waals surface area contributed by atoms with Crippen LogP contribution in [0.3, 0.4) is 0 Å². The third kappa shape index (κ3) is 4.87. The van der Waals surface area contributed by atoms with E-state index in [9.17, 15) is 19.0 Å². The minimum Gasteiger partial charge on any atom is -0.508 e. The van der Waals surface area contributed by atoms with E-state index >= 15 is 4.39 Å². The van der Waals surface area contributed by atoms with Crippen molar-refractivity contribution in [1.82, 2.24) is 20.2 Å². The number of phenolic OH excluding ortho intramolecular Hbond substituents is 2. The van der Waals surface area contributed by atoms with Crippen LogP contribution in [0, 0.1) is 23.5 Å². The van der Waals surface area contributed by atoms with Gasteiger partial charge in [0, 0.05) is 55.0 Å². The quantitative estimate of drug-likeness (QED) is 0.283. The third-order valence-electron chi connectivity index (χ3n) is 9.87. The number of ether oxygens (including phenoxy) is 1. The first-order valence-electron chi connectivity index (χ1n) is 15.5. The fraction of sp³-hybridized carbons (Fsp3) is 0.412. The Morgan fingerprint density at radius 1 is 1.02 bits per heavy atom. The third-order valence-corrected chi connectivity index (χ3v) is 9.87. The summed E-state index contributed by atoms with van der Waals surface area (Å²) in [5.41, 5.74) is -0.501. The highest BCUT2D eigenvalue weighted by atomic mass is 19.1. The first kappa shape index (κ1) is 28.2. The second-order valence-corrected chi connectivity index (χ2v) is 12.8. The molecule has 4 fully saturated rings. The number of alkyl halides is 1. The number of hydrogen-bond acceptors (Lipinski definition) is 8. The Morgan fingerprint density at radius 3 is 2.67 bits per heavy atom. The minimum atomic E-state index is -0.906. The number of nitrogens with zero attached hydrogens (tertiary/aromatic N) is 4. The number of fused-ring (bicyclic) bond motifs is 5. The second-order valence-electron chi connectivity index (χ2n) is 12.8. The summed E-state index contributed by atoms with van der Waals surface area (Å²) in [5, 5.41) is 24.9. The first-order chi connectivity index (χ1) is 21.8. The van der Waals surface area contributed by atoms with Gasteiger partial charge in [-0.25, -0.2) is 13.2 Å². The number of rotatable bonds is 4. The Balaban J connectivity index is 1.20. The standard InChI is InChI=1S/C34H32F3N5O3/c35-21-14-34(10-1-11-42(34)15-21)18-45-33-39-31-26(32(40-33)41-16-22-5-6-23(17-41)38-22)8-3-19(30(31)37)2-7-25-27(36)9-4-20-12-24(43)13-28(44)29(20)25/h3-4,8-9,12-13,21-23,38,43-44H,1,5-6,10-11,14-18H2/t21-,22-,23+,34+/m1/s1. The Kier molecular flexibility index (Phi) is 6.69. The number of hydrogen-bond donors (Lipinski definition) is 3. The van der Waals surface area contributed by atoms with Crippen molar-refractivity contribution in [2.45, 2.75) is 55.9 Å². The van der Waals surface area contributed by atoms with Crippen LogP contribution in [0.15, 0.2) is 36.4 Å². The smallest absolute Gasteiger partial charge is 0.319 e. The van der Waals surface area contributed by atoms with Gasteiger partial charge in [-0.1, -0.05) is 17.9 Å². The first-order valence-corrected chi connectivity index (χ1v) is 15.5. The van der Waals surface area contributed by atoms with E-state index in [1.165, 1.54) is 24.3 Å². The summed E-state index contributed by atoms with van der Waals surface area (Å²) in [6.45, 7) is 2.86. The van der Waals surface area contributed by atoms with Crippen LogP contribution in [-0.2, 0) is 0 Å². The van der Waals surface area contributed by atoms with Crippen molar-refractivity contribution in [3.8, 4) is 29.4 Å². The van der Waals surface area contributed by atoms with Crippen LogP contribution < -0.4 is 15.0 Å². The van der Waals surface area contributed by atoms with E-state index in [2.05, 4.69) is 31.9 Å². The molecule has 0 amide bonds. The number of aromatic nitrogens is 2. The molecule has 0 unspecified atom stereocenters. The number of nitrogens with one attached hydrogen (secondary N) is 1. The summed E-state index contributed by atoms with van der Waals surface area (Å²) in [6.07, 6.45) is 3.40. The maximum Gasteiger partial charge on any atom is 0.319 e. The summed E-state index contributed by atoms with van der Waals surface area (Å²) in [5.74, 6) is 4.13. The van der Waals surface area contributed by atoms with Crippen LogP contribution in [0.2, 0.25) is 0 Å². The van der Waals surface area contributed by atoms with E-state index in [1.807, 2.05) is 0 Å². The van der Waals surface area contributed by atoms with Gasteiger partial charge in [0.25, 0.3) is 0 Å². The van der Waals surface area contributed by atoms with Gasteiger partial charge in [0.1, 0.15) is 41.4 Å². The van der Waals surface area contributed by atoms with Gasteiger partial charge in [-0.3, -0.25) is 4.90 Å². The van der Waals surface area contributed by atoms with Crippen LogP contribution in [0.1, 0.15) is 43.2 Å². The molecule has 232 valence electrons. The minimum absolute atomic E-state index is 0.00947. The van der Waals surface area contributed by atoms with Crippen LogP contribution in [0.25, 0.3) is 21.7 Å². The van der Waals surface area contributed by atoms with Gasteiger partial charge in [-0.2, -0.15) is 9.97 Å². The van der Waals surface area contributed by atoms with Crippen LogP contribution >= 0.6 is 0 Å². The lowest BCUT2D eigenvalue weighted by molar-refractivity contribution is 0.107. The van der Waals surface area contributed by atoms with Crippen molar-refractivity contribution in [3.05, 3.63) is 59.2 Å². The lowest BCUT2D eigenvalue weighted by Gasteiger charge is -2.34. The molecular formula is C34H32F3N5O3. The molecule has 4 atom stereocenters. The molecule has 5 heterocycles. The number of piperazine rings is 1. The van der Waals surface area contributed by atoms with E-state index in [1.54, 1.807) is 6.07 Å². The molecule has 8 nitrogen and oxygen atoms in total. The van der Waals surface area contributed by atoms with E-state index in [0.717, 1.165) is 38.3 Å². The van der Waals surface area contributed by atoms with Crippen molar-refractivity contribution >= 4 is 27.5 Å². The topological polar surface area (TPSA) is 94.0 Å². The maximum atomic E-state index is 16.3. The Bertz CT molecular complexity index is 1900. The largest absolute Gasteiger partial charge is 0.508 e. The lowest BCUT2D eigenvalue weighted by Crippen LogP contribution is -2.51. The highest BCUT2D eigenvalue weighted by Gasteiger charge is 2.49. The van der Waals surface area contributed by atoms with Crippen molar-refractivity contribution in [2.24, 2.45) is 0 Å². The Morgan fingerprint density at radius 2 is 1.84 bits per heavy atom. The van der Waals surface area contributed by atoms with E-state index in [-0.39, 0.29) is 46.1 Å². The lowest BCUT2D eigenvalue weighted by atomic mass is 9.95. The molecular weight excluding hydrogens is 583 g/mol. The number of aromatic hydroxyl groups is 2.